The van der Waals surface area contributed by atoms with Crippen LogP contribution in [-0.4, -0.2) is 42.8 Å². The fraction of sp³-hybridized carbons (Fsp3) is 0.750. The normalized spacial score (nSPS) is 23.2. The molecular weight excluding hydrogens is 280 g/mol. The summed E-state index contributed by atoms with van der Waals surface area (Å²) in [6.07, 6.45) is 1.89. The number of rotatable bonds is 6. The van der Waals surface area contributed by atoms with Crippen LogP contribution in [0.15, 0.2) is 10.6 Å². The molecule has 2 rings (SSSR count). The zero-order valence-corrected chi connectivity index (χ0v) is 14.3. The Hall–Kier alpha value is -1.56. The summed E-state index contributed by atoms with van der Waals surface area (Å²) in [6, 6.07) is 2.19. The molecule has 0 spiro atoms. The molecule has 1 saturated carbocycles. The Morgan fingerprint density at radius 3 is 2.82 bits per heavy atom. The highest BCUT2D eigenvalue weighted by Crippen LogP contribution is 2.47. The summed E-state index contributed by atoms with van der Waals surface area (Å²) in [4.78, 5) is 13.7. The van der Waals surface area contributed by atoms with Crippen molar-refractivity contribution in [2.75, 3.05) is 20.6 Å². The van der Waals surface area contributed by atoms with E-state index in [-0.39, 0.29) is 17.5 Å². The first-order valence-corrected chi connectivity index (χ1v) is 7.96. The quantitative estimate of drug-likeness (QED) is 0.843. The Kier molecular flexibility index (Phi) is 5.11. The minimum Gasteiger partial charge on any atom is -0.360 e. The molecule has 2 N–H and O–H groups in total. The Bertz CT molecular complexity index is 510. The third-order valence-corrected chi connectivity index (χ3v) is 4.65. The largest absolute Gasteiger partial charge is 0.360 e. The molecule has 1 aliphatic carbocycles. The van der Waals surface area contributed by atoms with Crippen LogP contribution in [-0.2, 0) is 13.0 Å². The van der Waals surface area contributed by atoms with Crippen LogP contribution in [0.1, 0.15) is 38.6 Å². The first-order chi connectivity index (χ1) is 10.3. The topological polar surface area (TPSA) is 70.4 Å². The van der Waals surface area contributed by atoms with Gasteiger partial charge >= 0.3 is 6.03 Å². The molecule has 0 unspecified atom stereocenters. The number of hydrogen-bond acceptors (Lipinski definition) is 4. The average Bonchev–Trinajstić information content (AvgIpc) is 2.84. The first-order valence-electron chi connectivity index (χ1n) is 7.96. The van der Waals surface area contributed by atoms with Crippen LogP contribution in [0.3, 0.4) is 0 Å². The Morgan fingerprint density at radius 2 is 2.23 bits per heavy atom. The minimum atomic E-state index is -0.0752. The molecule has 2 atom stereocenters. The zero-order valence-electron chi connectivity index (χ0n) is 14.3. The van der Waals surface area contributed by atoms with Crippen LogP contribution in [0.4, 0.5) is 4.79 Å². The molecule has 0 aromatic carbocycles. The number of aromatic nitrogens is 1. The number of carbonyl (C=O) groups is 1. The van der Waals surface area contributed by atoms with E-state index in [2.05, 4.69) is 34.5 Å². The summed E-state index contributed by atoms with van der Waals surface area (Å²) < 4.78 is 5.37. The van der Waals surface area contributed by atoms with Gasteiger partial charge in [0, 0.05) is 18.7 Å². The molecule has 0 radical (unpaired) electrons. The van der Waals surface area contributed by atoms with E-state index in [1.54, 1.807) is 0 Å². The van der Waals surface area contributed by atoms with Crippen LogP contribution < -0.4 is 10.6 Å². The summed E-state index contributed by atoms with van der Waals surface area (Å²) >= 11 is 0. The number of urea groups is 1. The number of hydrogen-bond donors (Lipinski definition) is 2. The molecule has 1 fully saturated rings. The van der Waals surface area contributed by atoms with Gasteiger partial charge in [0.05, 0.1) is 12.2 Å². The monoisotopic (exact) mass is 308 g/mol. The molecule has 0 aliphatic heterocycles. The van der Waals surface area contributed by atoms with E-state index in [9.17, 15) is 4.79 Å². The van der Waals surface area contributed by atoms with Gasteiger partial charge in [-0.25, -0.2) is 4.79 Å². The molecule has 1 heterocycles. The third-order valence-electron chi connectivity index (χ3n) is 4.65. The van der Waals surface area contributed by atoms with Crippen molar-refractivity contribution in [1.82, 2.24) is 20.7 Å². The van der Waals surface area contributed by atoms with Gasteiger partial charge in [0.1, 0.15) is 0 Å². The van der Waals surface area contributed by atoms with Crippen molar-refractivity contribution in [2.45, 2.75) is 46.2 Å². The summed E-state index contributed by atoms with van der Waals surface area (Å²) in [6.45, 7) is 7.75. The van der Waals surface area contributed by atoms with Gasteiger partial charge in [0.25, 0.3) is 0 Å². The van der Waals surface area contributed by atoms with Crippen LogP contribution in [0, 0.1) is 11.3 Å². The van der Waals surface area contributed by atoms with Crippen molar-refractivity contribution in [3.63, 3.8) is 0 Å². The Balaban J connectivity index is 1.87. The summed E-state index contributed by atoms with van der Waals surface area (Å²) in [5.74, 6) is 1.41. The SMILES string of the molecule is CCNC(=O)N[C@H]1C[C@@H](Cc2cc(CN(C)C)on2)C1(C)C. The fourth-order valence-corrected chi connectivity index (χ4v) is 3.07. The lowest BCUT2D eigenvalue weighted by atomic mass is 9.57. The van der Waals surface area contributed by atoms with E-state index < -0.39 is 0 Å². The van der Waals surface area contributed by atoms with Crippen molar-refractivity contribution in [3.05, 3.63) is 17.5 Å². The molecular formula is C16H28N4O2. The minimum absolute atomic E-state index is 0.0751. The summed E-state index contributed by atoms with van der Waals surface area (Å²) in [5.41, 5.74) is 1.08. The van der Waals surface area contributed by atoms with Gasteiger partial charge in [-0.2, -0.15) is 0 Å². The lowest BCUT2D eigenvalue weighted by Crippen LogP contribution is -2.60. The molecule has 22 heavy (non-hydrogen) atoms. The third kappa shape index (κ3) is 3.80. The highest BCUT2D eigenvalue weighted by Gasteiger charge is 2.48. The van der Waals surface area contributed by atoms with Crippen LogP contribution in [0.25, 0.3) is 0 Å². The lowest BCUT2D eigenvalue weighted by Gasteiger charge is -2.52. The molecule has 1 aromatic heterocycles. The second-order valence-corrected chi connectivity index (χ2v) is 7.04. The maximum absolute atomic E-state index is 11.7. The Labute approximate surface area is 132 Å². The van der Waals surface area contributed by atoms with Gasteiger partial charge in [0.15, 0.2) is 5.76 Å². The molecule has 124 valence electrons. The predicted molar refractivity (Wildman–Crippen MR) is 85.5 cm³/mol. The van der Waals surface area contributed by atoms with E-state index in [1.165, 1.54) is 0 Å². The molecule has 1 aliphatic rings. The average molecular weight is 308 g/mol. The molecule has 0 saturated heterocycles. The Morgan fingerprint density at radius 1 is 1.50 bits per heavy atom. The van der Waals surface area contributed by atoms with E-state index in [1.807, 2.05) is 27.1 Å². The number of nitrogens with one attached hydrogen (secondary N) is 2. The standard InChI is InChI=1S/C16H28N4O2/c1-6-17-15(21)18-14-8-11(16(14,2)3)7-12-9-13(22-19-12)10-20(4)5/h9,11,14H,6-8,10H2,1-5H3,(H2,17,18,21)/t11-,14+/m1/s1. The molecule has 0 bridgehead atoms. The van der Waals surface area contributed by atoms with E-state index in [0.717, 1.165) is 30.8 Å². The highest BCUT2D eigenvalue weighted by atomic mass is 16.5. The predicted octanol–water partition coefficient (Wildman–Crippen LogP) is 2.01. The number of nitrogens with zero attached hydrogens (tertiary/aromatic N) is 2. The van der Waals surface area contributed by atoms with Gasteiger partial charge in [0.2, 0.25) is 0 Å². The van der Waals surface area contributed by atoms with Gasteiger partial charge in [-0.1, -0.05) is 19.0 Å². The van der Waals surface area contributed by atoms with Gasteiger partial charge in [-0.05, 0) is 45.2 Å². The van der Waals surface area contributed by atoms with E-state index in [0.29, 0.717) is 12.5 Å². The smallest absolute Gasteiger partial charge is 0.315 e. The fourth-order valence-electron chi connectivity index (χ4n) is 3.07. The van der Waals surface area contributed by atoms with Gasteiger partial charge < -0.3 is 20.1 Å². The van der Waals surface area contributed by atoms with Crippen molar-refractivity contribution in [3.8, 4) is 0 Å². The van der Waals surface area contributed by atoms with Crippen molar-refractivity contribution >= 4 is 6.03 Å². The molecule has 6 nitrogen and oxygen atoms in total. The van der Waals surface area contributed by atoms with Crippen molar-refractivity contribution in [2.24, 2.45) is 11.3 Å². The highest BCUT2D eigenvalue weighted by molar-refractivity contribution is 5.74. The number of amides is 2. The first kappa shape index (κ1) is 16.8. The van der Waals surface area contributed by atoms with Gasteiger partial charge in [-0.15, -0.1) is 0 Å². The van der Waals surface area contributed by atoms with Crippen molar-refractivity contribution < 1.29 is 9.32 Å². The lowest BCUT2D eigenvalue weighted by molar-refractivity contribution is 0.0201. The van der Waals surface area contributed by atoms with Crippen LogP contribution >= 0.6 is 0 Å². The molecule has 2 amide bonds. The second kappa shape index (κ2) is 6.69. The van der Waals surface area contributed by atoms with E-state index in [4.69, 9.17) is 4.52 Å². The zero-order chi connectivity index (χ0) is 16.3. The summed E-state index contributed by atoms with van der Waals surface area (Å²) in [7, 11) is 4.02. The molecule has 1 aromatic rings. The maximum atomic E-state index is 11.7. The van der Waals surface area contributed by atoms with E-state index >= 15 is 0 Å². The second-order valence-electron chi connectivity index (χ2n) is 7.04. The van der Waals surface area contributed by atoms with Crippen molar-refractivity contribution in [1.29, 1.82) is 0 Å². The maximum Gasteiger partial charge on any atom is 0.315 e. The van der Waals surface area contributed by atoms with Crippen LogP contribution in [0.2, 0.25) is 0 Å². The number of carbonyl (C=O) groups excluding carboxylic acids is 1. The summed E-state index contributed by atoms with van der Waals surface area (Å²) in [5, 5.41) is 10.0. The van der Waals surface area contributed by atoms with Gasteiger partial charge in [-0.3, -0.25) is 0 Å². The van der Waals surface area contributed by atoms with Crippen LogP contribution in [0.5, 0.6) is 0 Å². The molecule has 6 heteroatoms.